The highest BCUT2D eigenvalue weighted by Crippen LogP contribution is 2.43. The van der Waals surface area contributed by atoms with Gasteiger partial charge in [-0.1, -0.05) is 30.3 Å². The topological polar surface area (TPSA) is 89.2 Å². The van der Waals surface area contributed by atoms with Crippen molar-refractivity contribution in [2.75, 3.05) is 19.1 Å². The number of aliphatic hydroxyl groups excluding tert-OH is 1. The number of hydrogen-bond donors (Lipinski definition) is 1. The van der Waals surface area contributed by atoms with E-state index in [1.165, 1.54) is 25.4 Å². The summed E-state index contributed by atoms with van der Waals surface area (Å²) in [5.41, 5.74) is 1.46. The molecule has 1 atom stereocenters. The molecule has 1 aliphatic heterocycles. The van der Waals surface area contributed by atoms with Crippen molar-refractivity contribution >= 4 is 17.4 Å². The summed E-state index contributed by atoms with van der Waals surface area (Å²) in [5, 5.41) is 10.7. The lowest BCUT2D eigenvalue weighted by molar-refractivity contribution is -0.118. The molecule has 1 N–H and O–H groups in total. The van der Waals surface area contributed by atoms with Crippen LogP contribution in [0, 0.1) is 0 Å². The average Bonchev–Trinajstić information content (AvgIpc) is 3.44. The number of carbonyl (C=O) groups is 2. The third kappa shape index (κ3) is 3.85. The van der Waals surface area contributed by atoms with Gasteiger partial charge in [-0.15, -0.1) is 0 Å². The zero-order valence-electron chi connectivity index (χ0n) is 17.8. The Morgan fingerprint density at radius 1 is 1.03 bits per heavy atom. The van der Waals surface area contributed by atoms with Gasteiger partial charge in [-0.25, -0.2) is 0 Å². The Bertz CT molecular complexity index is 1150. The minimum atomic E-state index is -0.890. The normalized spacial score (nSPS) is 15.9. The number of benzene rings is 2. The van der Waals surface area contributed by atoms with Crippen molar-refractivity contribution in [2.24, 2.45) is 0 Å². The lowest BCUT2D eigenvalue weighted by Gasteiger charge is -2.25. The maximum absolute atomic E-state index is 13.2. The molecule has 7 heteroatoms. The summed E-state index contributed by atoms with van der Waals surface area (Å²) in [4.78, 5) is 27.6. The van der Waals surface area contributed by atoms with E-state index in [-0.39, 0.29) is 17.8 Å². The number of ketones is 1. The average molecular weight is 433 g/mol. The number of aryl methyl sites for hydroxylation is 1. The van der Waals surface area contributed by atoms with Crippen LogP contribution in [0.3, 0.4) is 0 Å². The highest BCUT2D eigenvalue weighted by molar-refractivity contribution is 6.16. The number of carbonyl (C=O) groups excluding carboxylic acids is 2. The molecule has 7 nitrogen and oxygen atoms in total. The quantitative estimate of drug-likeness (QED) is 0.566. The standard InChI is InChI=1S/C25H23NO6/c1-30-19-13-11-17(15-21(19)31-2)26-23(20-9-6-14-32-20)22(24(28)25(26)29)18(27)12-10-16-7-4-3-5-8-16/h3-9,11,13-15,23,28H,10,12H2,1-2H3. The van der Waals surface area contributed by atoms with Gasteiger partial charge < -0.3 is 19.0 Å². The van der Waals surface area contributed by atoms with Crippen molar-refractivity contribution in [3.05, 3.63) is 89.6 Å². The van der Waals surface area contributed by atoms with Gasteiger partial charge in [-0.2, -0.15) is 0 Å². The van der Waals surface area contributed by atoms with E-state index in [9.17, 15) is 14.7 Å². The van der Waals surface area contributed by atoms with Crippen LogP contribution in [0.15, 0.2) is 82.7 Å². The second-order valence-corrected chi connectivity index (χ2v) is 7.30. The first-order valence-corrected chi connectivity index (χ1v) is 10.1. The molecule has 1 unspecified atom stereocenters. The largest absolute Gasteiger partial charge is 0.503 e. The molecule has 0 saturated heterocycles. The molecule has 32 heavy (non-hydrogen) atoms. The van der Waals surface area contributed by atoms with Crippen LogP contribution in [-0.4, -0.2) is 31.0 Å². The molecule has 3 aromatic rings. The maximum Gasteiger partial charge on any atom is 0.294 e. The van der Waals surface area contributed by atoms with Crippen molar-refractivity contribution in [1.82, 2.24) is 0 Å². The molecule has 0 radical (unpaired) electrons. The Hall–Kier alpha value is -4.00. The molecule has 0 bridgehead atoms. The van der Waals surface area contributed by atoms with E-state index in [4.69, 9.17) is 13.9 Å². The molecule has 0 saturated carbocycles. The third-order valence-electron chi connectivity index (χ3n) is 5.45. The van der Waals surface area contributed by atoms with Gasteiger partial charge in [0.2, 0.25) is 0 Å². The first-order valence-electron chi connectivity index (χ1n) is 10.1. The molecule has 1 amide bonds. The summed E-state index contributed by atoms with van der Waals surface area (Å²) in [6.45, 7) is 0. The molecule has 0 aliphatic carbocycles. The van der Waals surface area contributed by atoms with Gasteiger partial charge in [-0.3, -0.25) is 14.5 Å². The van der Waals surface area contributed by atoms with Gasteiger partial charge in [0.05, 0.1) is 26.1 Å². The van der Waals surface area contributed by atoms with Gasteiger partial charge in [0.1, 0.15) is 11.8 Å². The van der Waals surface area contributed by atoms with Crippen molar-refractivity contribution in [2.45, 2.75) is 18.9 Å². The molecule has 2 heterocycles. The van der Waals surface area contributed by atoms with Crippen molar-refractivity contribution in [3.8, 4) is 11.5 Å². The smallest absolute Gasteiger partial charge is 0.294 e. The van der Waals surface area contributed by atoms with E-state index in [0.29, 0.717) is 29.4 Å². The fourth-order valence-corrected chi connectivity index (χ4v) is 3.88. The number of aliphatic hydroxyl groups is 1. The highest BCUT2D eigenvalue weighted by Gasteiger charge is 2.45. The summed E-state index contributed by atoms with van der Waals surface area (Å²) < 4.78 is 16.2. The number of anilines is 1. The fraction of sp³-hybridized carbons (Fsp3) is 0.200. The lowest BCUT2D eigenvalue weighted by atomic mass is 9.96. The molecule has 2 aromatic carbocycles. The monoisotopic (exact) mass is 433 g/mol. The zero-order valence-corrected chi connectivity index (χ0v) is 17.8. The Morgan fingerprint density at radius 3 is 2.44 bits per heavy atom. The second kappa shape index (κ2) is 9.01. The number of ether oxygens (including phenoxy) is 2. The van der Waals surface area contributed by atoms with Crippen LogP contribution in [0.1, 0.15) is 23.8 Å². The lowest BCUT2D eigenvalue weighted by Crippen LogP contribution is -2.30. The summed E-state index contributed by atoms with van der Waals surface area (Å²) in [6, 6.07) is 17.0. The van der Waals surface area contributed by atoms with Gasteiger partial charge in [0.15, 0.2) is 23.0 Å². The summed E-state index contributed by atoms with van der Waals surface area (Å²) in [5.74, 6) is -0.279. The van der Waals surface area contributed by atoms with E-state index in [2.05, 4.69) is 0 Å². The molecular weight excluding hydrogens is 410 g/mol. The van der Waals surface area contributed by atoms with Crippen molar-refractivity contribution in [1.29, 1.82) is 0 Å². The number of nitrogens with zero attached hydrogens (tertiary/aromatic N) is 1. The Labute approximate surface area is 185 Å². The fourth-order valence-electron chi connectivity index (χ4n) is 3.88. The van der Waals surface area contributed by atoms with Gasteiger partial charge >= 0.3 is 0 Å². The van der Waals surface area contributed by atoms with Crippen LogP contribution < -0.4 is 14.4 Å². The van der Waals surface area contributed by atoms with Crippen LogP contribution in [0.4, 0.5) is 5.69 Å². The molecule has 1 aromatic heterocycles. The van der Waals surface area contributed by atoms with Gasteiger partial charge in [0.25, 0.3) is 5.91 Å². The molecule has 1 aliphatic rings. The van der Waals surface area contributed by atoms with E-state index in [1.54, 1.807) is 30.3 Å². The Balaban J connectivity index is 1.70. The minimum Gasteiger partial charge on any atom is -0.503 e. The highest BCUT2D eigenvalue weighted by atomic mass is 16.5. The van der Waals surface area contributed by atoms with Gasteiger partial charge in [-0.05, 0) is 36.2 Å². The number of hydrogen-bond acceptors (Lipinski definition) is 6. The first-order chi connectivity index (χ1) is 15.5. The Morgan fingerprint density at radius 2 is 1.78 bits per heavy atom. The third-order valence-corrected chi connectivity index (χ3v) is 5.45. The predicted molar refractivity (Wildman–Crippen MR) is 118 cm³/mol. The summed E-state index contributed by atoms with van der Waals surface area (Å²) >= 11 is 0. The number of Topliss-reactive ketones (excluding diaryl/α,β-unsaturated/α-hetero) is 1. The second-order valence-electron chi connectivity index (χ2n) is 7.30. The number of rotatable bonds is 8. The SMILES string of the molecule is COc1ccc(N2C(=O)C(O)=C(C(=O)CCc3ccccc3)C2c2ccco2)cc1OC. The number of amides is 1. The van der Waals surface area contributed by atoms with Gasteiger partial charge in [0, 0.05) is 18.2 Å². The van der Waals surface area contributed by atoms with Crippen LogP contribution in [0.5, 0.6) is 11.5 Å². The van der Waals surface area contributed by atoms with Crippen LogP contribution >= 0.6 is 0 Å². The summed E-state index contributed by atoms with van der Waals surface area (Å²) in [6.07, 6.45) is 2.10. The van der Waals surface area contributed by atoms with E-state index in [0.717, 1.165) is 5.56 Å². The number of methoxy groups -OCH3 is 2. The van der Waals surface area contributed by atoms with Crippen LogP contribution in [-0.2, 0) is 16.0 Å². The zero-order chi connectivity index (χ0) is 22.7. The minimum absolute atomic E-state index is 0.0238. The summed E-state index contributed by atoms with van der Waals surface area (Å²) in [7, 11) is 3.01. The Kier molecular flexibility index (Phi) is 5.98. The first kappa shape index (κ1) is 21.2. The van der Waals surface area contributed by atoms with Crippen molar-refractivity contribution < 1.29 is 28.6 Å². The number of furan rings is 1. The van der Waals surface area contributed by atoms with Crippen LogP contribution in [0.25, 0.3) is 0 Å². The molecule has 0 spiro atoms. The van der Waals surface area contributed by atoms with E-state index >= 15 is 0 Å². The van der Waals surface area contributed by atoms with Crippen molar-refractivity contribution in [3.63, 3.8) is 0 Å². The van der Waals surface area contributed by atoms with E-state index in [1.807, 2.05) is 30.3 Å². The van der Waals surface area contributed by atoms with E-state index < -0.39 is 17.7 Å². The molecule has 164 valence electrons. The maximum atomic E-state index is 13.2. The molecule has 0 fully saturated rings. The molecular formula is C25H23NO6. The van der Waals surface area contributed by atoms with Crippen LogP contribution in [0.2, 0.25) is 0 Å². The molecule has 4 rings (SSSR count). The predicted octanol–water partition coefficient (Wildman–Crippen LogP) is 4.40.